The van der Waals surface area contributed by atoms with Gasteiger partial charge < -0.3 is 5.32 Å². The molecular formula is C13H15ClN4. The van der Waals surface area contributed by atoms with Gasteiger partial charge >= 0.3 is 0 Å². The van der Waals surface area contributed by atoms with Crippen LogP contribution in [0.4, 0.5) is 5.82 Å². The summed E-state index contributed by atoms with van der Waals surface area (Å²) < 4.78 is 0. The van der Waals surface area contributed by atoms with E-state index in [2.05, 4.69) is 20.3 Å². The van der Waals surface area contributed by atoms with Crippen LogP contribution in [-0.2, 0) is 0 Å². The molecule has 0 bridgehead atoms. The van der Waals surface area contributed by atoms with E-state index >= 15 is 0 Å². The van der Waals surface area contributed by atoms with Gasteiger partial charge in [0, 0.05) is 24.3 Å². The maximum atomic E-state index is 6.11. The van der Waals surface area contributed by atoms with E-state index in [1.54, 1.807) is 12.4 Å². The van der Waals surface area contributed by atoms with Crippen LogP contribution in [0.25, 0.3) is 11.2 Å². The number of nitrogens with zero attached hydrogens (tertiary/aromatic N) is 3. The topological polar surface area (TPSA) is 50.7 Å². The van der Waals surface area contributed by atoms with Crippen LogP contribution >= 0.6 is 11.6 Å². The lowest BCUT2D eigenvalue weighted by Gasteiger charge is -2.11. The Balaban J connectivity index is 1.67. The Kier molecular flexibility index (Phi) is 3.28. The Morgan fingerprint density at radius 3 is 2.94 bits per heavy atom. The van der Waals surface area contributed by atoms with Gasteiger partial charge in [-0.15, -0.1) is 11.6 Å². The molecule has 0 aromatic carbocycles. The third kappa shape index (κ3) is 2.53. The fourth-order valence-electron chi connectivity index (χ4n) is 2.40. The molecule has 1 N–H and O–H groups in total. The largest absolute Gasteiger partial charge is 0.370 e. The van der Waals surface area contributed by atoms with Crippen molar-refractivity contribution in [2.24, 2.45) is 5.92 Å². The number of anilines is 1. The molecular weight excluding hydrogens is 248 g/mol. The van der Waals surface area contributed by atoms with Crippen LogP contribution in [0.2, 0.25) is 0 Å². The second-order valence-corrected chi connectivity index (χ2v) is 5.37. The lowest BCUT2D eigenvalue weighted by Crippen LogP contribution is -2.12. The zero-order valence-electron chi connectivity index (χ0n) is 10.0. The number of fused-ring (bicyclic) bond motifs is 1. The van der Waals surface area contributed by atoms with Gasteiger partial charge in [0.15, 0.2) is 5.65 Å². The zero-order chi connectivity index (χ0) is 12.4. The monoisotopic (exact) mass is 262 g/mol. The molecule has 2 unspecified atom stereocenters. The summed E-state index contributed by atoms with van der Waals surface area (Å²) in [5.74, 6) is 1.52. The van der Waals surface area contributed by atoms with Crippen molar-refractivity contribution < 1.29 is 0 Å². The van der Waals surface area contributed by atoms with Gasteiger partial charge in [0.25, 0.3) is 0 Å². The number of rotatable bonds is 3. The highest BCUT2D eigenvalue weighted by atomic mass is 35.5. The van der Waals surface area contributed by atoms with Crippen molar-refractivity contribution in [2.75, 3.05) is 11.9 Å². The summed E-state index contributed by atoms with van der Waals surface area (Å²) in [5.41, 5.74) is 1.51. The molecule has 0 spiro atoms. The van der Waals surface area contributed by atoms with Gasteiger partial charge in [0.05, 0.1) is 0 Å². The SMILES string of the molecule is ClC1CCC(CNc2ccc3nccnc3n2)C1. The third-order valence-electron chi connectivity index (χ3n) is 3.38. The molecule has 4 nitrogen and oxygen atoms in total. The summed E-state index contributed by atoms with van der Waals surface area (Å²) >= 11 is 6.11. The first kappa shape index (κ1) is 11.7. The molecule has 0 amide bonds. The smallest absolute Gasteiger partial charge is 0.180 e. The van der Waals surface area contributed by atoms with Gasteiger partial charge in [-0.2, -0.15) is 0 Å². The van der Waals surface area contributed by atoms with E-state index in [1.807, 2.05) is 12.1 Å². The first-order chi connectivity index (χ1) is 8.81. The molecule has 3 rings (SSSR count). The molecule has 0 radical (unpaired) electrons. The van der Waals surface area contributed by atoms with Crippen LogP contribution in [0.15, 0.2) is 24.5 Å². The average Bonchev–Trinajstić information content (AvgIpc) is 2.82. The van der Waals surface area contributed by atoms with Gasteiger partial charge in [-0.05, 0) is 37.3 Å². The minimum Gasteiger partial charge on any atom is -0.370 e. The number of pyridine rings is 1. The third-order valence-corrected chi connectivity index (χ3v) is 3.78. The molecule has 94 valence electrons. The van der Waals surface area contributed by atoms with Gasteiger partial charge in [-0.1, -0.05) is 0 Å². The van der Waals surface area contributed by atoms with Crippen molar-refractivity contribution >= 4 is 28.6 Å². The van der Waals surface area contributed by atoms with E-state index < -0.39 is 0 Å². The molecule has 1 fully saturated rings. The highest BCUT2D eigenvalue weighted by molar-refractivity contribution is 6.20. The van der Waals surface area contributed by atoms with E-state index in [0.29, 0.717) is 16.9 Å². The first-order valence-electron chi connectivity index (χ1n) is 6.27. The molecule has 1 aliphatic carbocycles. The van der Waals surface area contributed by atoms with Crippen LogP contribution in [0, 0.1) is 5.92 Å². The first-order valence-corrected chi connectivity index (χ1v) is 6.70. The van der Waals surface area contributed by atoms with Crippen LogP contribution in [0.5, 0.6) is 0 Å². The summed E-state index contributed by atoms with van der Waals surface area (Å²) in [5, 5.41) is 3.72. The van der Waals surface area contributed by atoms with E-state index in [0.717, 1.165) is 30.7 Å². The molecule has 2 aromatic heterocycles. The molecule has 5 heteroatoms. The van der Waals surface area contributed by atoms with Gasteiger partial charge in [0.2, 0.25) is 0 Å². The number of halogens is 1. The fraction of sp³-hybridized carbons (Fsp3) is 0.462. The van der Waals surface area contributed by atoms with Crippen molar-refractivity contribution in [1.29, 1.82) is 0 Å². The summed E-state index contributed by atoms with van der Waals surface area (Å²) in [7, 11) is 0. The number of aromatic nitrogens is 3. The van der Waals surface area contributed by atoms with Crippen molar-refractivity contribution in [3.63, 3.8) is 0 Å². The highest BCUT2D eigenvalue weighted by Crippen LogP contribution is 2.29. The van der Waals surface area contributed by atoms with Crippen molar-refractivity contribution in [3.8, 4) is 0 Å². The predicted octanol–water partition coefficient (Wildman–Crippen LogP) is 2.84. The van der Waals surface area contributed by atoms with Gasteiger partial charge in [-0.3, -0.25) is 4.98 Å². The second-order valence-electron chi connectivity index (χ2n) is 4.75. The van der Waals surface area contributed by atoms with Gasteiger partial charge in [-0.25, -0.2) is 9.97 Å². The number of nitrogens with one attached hydrogen (secondary N) is 1. The number of hydrogen-bond acceptors (Lipinski definition) is 4. The predicted molar refractivity (Wildman–Crippen MR) is 72.8 cm³/mol. The normalized spacial score (nSPS) is 23.4. The standard InChI is InChI=1S/C13H15ClN4/c14-10-2-1-9(7-10)8-17-12-4-3-11-13(18-12)16-6-5-15-11/h3-6,9-10H,1-2,7-8H2,(H,16,17,18). The Morgan fingerprint density at radius 1 is 1.22 bits per heavy atom. The number of alkyl halides is 1. The lowest BCUT2D eigenvalue weighted by atomic mass is 10.1. The van der Waals surface area contributed by atoms with Crippen molar-refractivity contribution in [1.82, 2.24) is 15.0 Å². The second kappa shape index (κ2) is 5.06. The minimum atomic E-state index is 0.354. The molecule has 0 saturated heterocycles. The molecule has 1 saturated carbocycles. The van der Waals surface area contributed by atoms with Crippen LogP contribution in [-0.4, -0.2) is 26.9 Å². The molecule has 1 aliphatic rings. The van der Waals surface area contributed by atoms with Crippen molar-refractivity contribution in [2.45, 2.75) is 24.6 Å². The van der Waals surface area contributed by atoms with Crippen molar-refractivity contribution in [3.05, 3.63) is 24.5 Å². The lowest BCUT2D eigenvalue weighted by molar-refractivity contribution is 0.580. The molecule has 2 aromatic rings. The molecule has 2 heterocycles. The Bertz CT molecular complexity index is 545. The summed E-state index contributed by atoms with van der Waals surface area (Å²) in [6, 6.07) is 3.89. The highest BCUT2D eigenvalue weighted by Gasteiger charge is 2.22. The minimum absolute atomic E-state index is 0.354. The fourth-order valence-corrected chi connectivity index (χ4v) is 2.78. The summed E-state index contributed by atoms with van der Waals surface area (Å²) in [6.45, 7) is 0.933. The number of hydrogen-bond donors (Lipinski definition) is 1. The Hall–Kier alpha value is -1.42. The Labute approximate surface area is 111 Å². The van der Waals surface area contributed by atoms with E-state index in [4.69, 9.17) is 11.6 Å². The maximum absolute atomic E-state index is 6.11. The zero-order valence-corrected chi connectivity index (χ0v) is 10.8. The van der Waals surface area contributed by atoms with E-state index in [9.17, 15) is 0 Å². The van der Waals surface area contributed by atoms with Gasteiger partial charge in [0.1, 0.15) is 11.3 Å². The molecule has 18 heavy (non-hydrogen) atoms. The quantitative estimate of drug-likeness (QED) is 0.865. The van der Waals surface area contributed by atoms with Crippen LogP contribution in [0.3, 0.4) is 0 Å². The molecule has 0 aliphatic heterocycles. The summed E-state index contributed by atoms with van der Waals surface area (Å²) in [4.78, 5) is 12.8. The summed E-state index contributed by atoms with van der Waals surface area (Å²) in [6.07, 6.45) is 6.77. The van der Waals surface area contributed by atoms with Crippen LogP contribution < -0.4 is 5.32 Å². The Morgan fingerprint density at radius 2 is 2.11 bits per heavy atom. The van der Waals surface area contributed by atoms with E-state index in [-0.39, 0.29) is 0 Å². The average molecular weight is 263 g/mol. The maximum Gasteiger partial charge on any atom is 0.180 e. The molecule has 2 atom stereocenters. The van der Waals surface area contributed by atoms with E-state index in [1.165, 1.54) is 6.42 Å². The van der Waals surface area contributed by atoms with Crippen LogP contribution in [0.1, 0.15) is 19.3 Å².